The van der Waals surface area contributed by atoms with Gasteiger partial charge in [0.2, 0.25) is 5.78 Å². The van der Waals surface area contributed by atoms with Crippen molar-refractivity contribution in [3.63, 3.8) is 0 Å². The fourth-order valence-corrected chi connectivity index (χ4v) is 2.22. The maximum absolute atomic E-state index is 12.7. The minimum atomic E-state index is -0.103. The van der Waals surface area contributed by atoms with Crippen molar-refractivity contribution in [2.24, 2.45) is 0 Å². The highest BCUT2D eigenvalue weighted by atomic mass is 79.9. The molecule has 0 spiro atoms. The summed E-state index contributed by atoms with van der Waals surface area (Å²) >= 11 is 3.37. The second kappa shape index (κ2) is 6.35. The first kappa shape index (κ1) is 14.2. The summed E-state index contributed by atoms with van der Waals surface area (Å²) in [6, 6.07) is 7.24. The Kier molecular flexibility index (Phi) is 4.29. The lowest BCUT2D eigenvalue weighted by atomic mass is 10.0. The van der Waals surface area contributed by atoms with Gasteiger partial charge in [-0.05, 0) is 56.0 Å². The number of allylic oxidation sites excluding steroid dienone is 2. The minimum Gasteiger partial charge on any atom is -0.287 e. The van der Waals surface area contributed by atoms with Crippen molar-refractivity contribution < 1.29 is 4.79 Å². The Bertz CT molecular complexity index is 641. The smallest absolute Gasteiger partial charge is 0.211 e. The molecule has 0 unspecified atom stereocenters. The molecule has 0 amide bonds. The molecule has 2 aromatic rings. The van der Waals surface area contributed by atoms with Gasteiger partial charge in [-0.15, -0.1) is 0 Å². The molecule has 103 valence electrons. The summed E-state index contributed by atoms with van der Waals surface area (Å²) in [6.45, 7) is 0. The molecule has 21 heavy (non-hydrogen) atoms. The molecular weight excluding hydrogens is 330 g/mol. The molecular formula is C16H11BrN3O. The Balaban J connectivity index is 1.94. The van der Waals surface area contributed by atoms with E-state index >= 15 is 0 Å². The molecule has 0 N–H and O–H groups in total. The van der Waals surface area contributed by atoms with Crippen molar-refractivity contribution in [2.45, 2.75) is 0 Å². The number of ketones is 1. The van der Waals surface area contributed by atoms with E-state index in [4.69, 9.17) is 0 Å². The fourth-order valence-electron chi connectivity index (χ4n) is 1.96. The monoisotopic (exact) mass is 340 g/mol. The summed E-state index contributed by atoms with van der Waals surface area (Å²) in [5, 5.41) is 4.07. The molecule has 1 saturated carbocycles. The molecule has 0 aliphatic heterocycles. The molecule has 5 radical (unpaired) electrons. The summed E-state index contributed by atoms with van der Waals surface area (Å²) < 4.78 is 2.42. The Morgan fingerprint density at radius 1 is 1.14 bits per heavy atom. The maximum Gasteiger partial charge on any atom is 0.211 e. The van der Waals surface area contributed by atoms with Crippen molar-refractivity contribution >= 4 is 27.4 Å². The van der Waals surface area contributed by atoms with Crippen LogP contribution in [-0.2, 0) is 0 Å². The highest BCUT2D eigenvalue weighted by Gasteiger charge is 2.20. The number of hydrogen-bond donors (Lipinski definition) is 0. The van der Waals surface area contributed by atoms with Gasteiger partial charge in [0.05, 0.1) is 0 Å². The van der Waals surface area contributed by atoms with Crippen LogP contribution in [0, 0.1) is 31.6 Å². The Morgan fingerprint density at radius 3 is 2.48 bits per heavy atom. The van der Waals surface area contributed by atoms with Crippen LogP contribution in [0.4, 0.5) is 0 Å². The fraction of sp³-hybridized carbons (Fsp3) is 0. The quantitative estimate of drug-likeness (QED) is 0.634. The second-order valence-electron chi connectivity index (χ2n) is 4.42. The molecule has 1 aliphatic rings. The molecule has 5 heteroatoms. The summed E-state index contributed by atoms with van der Waals surface area (Å²) in [6.07, 6.45) is 12.5. The highest BCUT2D eigenvalue weighted by Crippen LogP contribution is 2.27. The van der Waals surface area contributed by atoms with Crippen LogP contribution in [0.5, 0.6) is 0 Å². The number of benzene rings is 1. The second-order valence-corrected chi connectivity index (χ2v) is 5.34. The predicted octanol–water partition coefficient (Wildman–Crippen LogP) is 3.17. The third-order valence-corrected chi connectivity index (χ3v) is 3.53. The molecule has 1 aliphatic carbocycles. The van der Waals surface area contributed by atoms with Gasteiger partial charge in [-0.1, -0.05) is 15.9 Å². The molecule has 1 fully saturated rings. The van der Waals surface area contributed by atoms with E-state index in [1.807, 2.05) is 37.8 Å². The first-order valence-corrected chi connectivity index (χ1v) is 7.12. The SMILES string of the molecule is O=C(/C(=C/[C]1[CH][CH][CH][CH]1)n1cncn1)c1ccc(Br)cc1. The van der Waals surface area contributed by atoms with Crippen molar-refractivity contribution in [3.8, 4) is 0 Å². The normalized spacial score (nSPS) is 16.3. The van der Waals surface area contributed by atoms with Gasteiger partial charge in [-0.3, -0.25) is 4.79 Å². The van der Waals surface area contributed by atoms with Gasteiger partial charge >= 0.3 is 0 Å². The number of halogens is 1. The van der Waals surface area contributed by atoms with Crippen LogP contribution in [0.2, 0.25) is 0 Å². The number of carbonyl (C=O) groups is 1. The van der Waals surface area contributed by atoms with Gasteiger partial charge in [0.1, 0.15) is 18.4 Å². The van der Waals surface area contributed by atoms with Crippen molar-refractivity contribution in [2.75, 3.05) is 0 Å². The number of hydrogen-bond acceptors (Lipinski definition) is 3. The van der Waals surface area contributed by atoms with E-state index in [1.165, 1.54) is 17.3 Å². The lowest BCUT2D eigenvalue weighted by Gasteiger charge is -2.09. The minimum absolute atomic E-state index is 0.103. The van der Waals surface area contributed by atoms with Crippen molar-refractivity contribution in [1.82, 2.24) is 14.8 Å². The Morgan fingerprint density at radius 2 is 1.86 bits per heavy atom. The third-order valence-electron chi connectivity index (χ3n) is 3.00. The van der Waals surface area contributed by atoms with Crippen molar-refractivity contribution in [3.05, 3.63) is 84.6 Å². The Hall–Kier alpha value is -1.75. The van der Waals surface area contributed by atoms with Crippen LogP contribution < -0.4 is 0 Å². The van der Waals surface area contributed by atoms with E-state index in [0.29, 0.717) is 11.3 Å². The lowest BCUT2D eigenvalue weighted by Crippen LogP contribution is -2.11. The molecule has 4 nitrogen and oxygen atoms in total. The van der Waals surface area contributed by atoms with Crippen LogP contribution in [-0.4, -0.2) is 20.5 Å². The Labute approximate surface area is 132 Å². The predicted molar refractivity (Wildman–Crippen MR) is 83.2 cm³/mol. The zero-order valence-corrected chi connectivity index (χ0v) is 12.6. The maximum atomic E-state index is 12.7. The largest absolute Gasteiger partial charge is 0.287 e. The van der Waals surface area contributed by atoms with Crippen LogP contribution in [0.15, 0.2) is 47.5 Å². The summed E-state index contributed by atoms with van der Waals surface area (Å²) in [4.78, 5) is 16.6. The van der Waals surface area contributed by atoms with Gasteiger partial charge in [-0.2, -0.15) is 5.10 Å². The average molecular weight is 341 g/mol. The molecule has 1 aromatic carbocycles. The zero-order valence-electron chi connectivity index (χ0n) is 11.0. The van der Waals surface area contributed by atoms with Crippen LogP contribution in [0.25, 0.3) is 5.70 Å². The molecule has 1 heterocycles. The van der Waals surface area contributed by atoms with E-state index in [2.05, 4.69) is 26.0 Å². The van der Waals surface area contributed by atoms with E-state index < -0.39 is 0 Å². The van der Waals surface area contributed by atoms with Gasteiger partial charge in [0.25, 0.3) is 0 Å². The van der Waals surface area contributed by atoms with E-state index in [9.17, 15) is 4.79 Å². The van der Waals surface area contributed by atoms with Crippen LogP contribution in [0.3, 0.4) is 0 Å². The molecule has 3 rings (SSSR count). The molecule has 0 atom stereocenters. The van der Waals surface area contributed by atoms with E-state index in [1.54, 1.807) is 18.2 Å². The summed E-state index contributed by atoms with van der Waals surface area (Å²) in [5.74, 6) is 0.847. The van der Waals surface area contributed by atoms with Crippen LogP contribution in [0.1, 0.15) is 10.4 Å². The van der Waals surface area contributed by atoms with Crippen molar-refractivity contribution in [1.29, 1.82) is 0 Å². The number of Topliss-reactive ketones (excluding diaryl/α,β-unsaturated/α-hetero) is 1. The third kappa shape index (κ3) is 3.29. The lowest BCUT2D eigenvalue weighted by molar-refractivity contribution is 0.105. The van der Waals surface area contributed by atoms with Gasteiger partial charge in [0.15, 0.2) is 0 Å². The number of nitrogens with zero attached hydrogens (tertiary/aromatic N) is 3. The standard InChI is InChI=1S/C16H11BrN3O/c17-14-7-5-13(6-8-14)16(21)15(20-11-18-10-19-20)9-12-3-1-2-4-12/h1-11H/b15-9-. The molecule has 0 bridgehead atoms. The topological polar surface area (TPSA) is 47.8 Å². The summed E-state index contributed by atoms with van der Waals surface area (Å²) in [7, 11) is 0. The first-order chi connectivity index (χ1) is 10.2. The van der Waals surface area contributed by atoms with E-state index in [-0.39, 0.29) is 5.78 Å². The average Bonchev–Trinajstić information content (AvgIpc) is 3.18. The number of carbonyl (C=O) groups excluding carboxylic acids is 1. The molecule has 0 saturated heterocycles. The zero-order chi connectivity index (χ0) is 14.7. The number of rotatable bonds is 4. The van der Waals surface area contributed by atoms with Gasteiger partial charge < -0.3 is 0 Å². The van der Waals surface area contributed by atoms with Gasteiger partial charge in [0, 0.05) is 16.0 Å². The van der Waals surface area contributed by atoms with E-state index in [0.717, 1.165) is 10.4 Å². The summed E-state index contributed by atoms with van der Waals surface area (Å²) in [5.41, 5.74) is 1.06. The first-order valence-electron chi connectivity index (χ1n) is 6.33. The van der Waals surface area contributed by atoms with Gasteiger partial charge in [-0.25, -0.2) is 9.67 Å². The highest BCUT2D eigenvalue weighted by molar-refractivity contribution is 9.10. The number of aromatic nitrogens is 3. The van der Waals surface area contributed by atoms with Crippen LogP contribution >= 0.6 is 15.9 Å². The molecule has 1 aromatic heterocycles.